The smallest absolute Gasteiger partial charge is 0.341 e. The van der Waals surface area contributed by atoms with Gasteiger partial charge in [0.05, 0.1) is 0 Å². The zero-order chi connectivity index (χ0) is 21.3. The van der Waals surface area contributed by atoms with Crippen LogP contribution in [0.25, 0.3) is 0 Å². The van der Waals surface area contributed by atoms with Gasteiger partial charge in [0.15, 0.2) is 0 Å². The maximum absolute atomic E-state index is 13.5. The summed E-state index contributed by atoms with van der Waals surface area (Å²) in [6, 6.07) is 7.08. The van der Waals surface area contributed by atoms with Crippen molar-refractivity contribution >= 4 is 11.9 Å². The average molecular weight is 412 g/mol. The number of amides is 1. The molecule has 5 rings (SSSR count). The van der Waals surface area contributed by atoms with Crippen molar-refractivity contribution in [2.75, 3.05) is 0 Å². The minimum Gasteiger partial charge on any atom is -0.478 e. The Morgan fingerprint density at radius 2 is 1.80 bits per heavy atom. The number of fused-ring (bicyclic) bond motifs is 5. The van der Waals surface area contributed by atoms with Gasteiger partial charge in [-0.05, 0) is 85.3 Å². The maximum atomic E-state index is 13.5. The fourth-order valence-electron chi connectivity index (χ4n) is 7.84. The Morgan fingerprint density at radius 3 is 2.50 bits per heavy atom. The summed E-state index contributed by atoms with van der Waals surface area (Å²) in [6.45, 7) is 4.58. The molecule has 1 heterocycles. The molecule has 0 saturated heterocycles. The SMILES string of the molecule is C[C@]12C=C(C(=O)O)C(=O)NC1CC[C@@H]1[C@H]2CC[C@]2(C)C(c3ccc(F)cc3)CC[C@@H]12. The highest BCUT2D eigenvalue weighted by Crippen LogP contribution is 2.67. The maximum Gasteiger partial charge on any atom is 0.341 e. The third-order valence-corrected chi connectivity index (χ3v) is 9.28. The van der Waals surface area contributed by atoms with Gasteiger partial charge >= 0.3 is 5.97 Å². The molecular formula is C25H30FNO3. The van der Waals surface area contributed by atoms with Crippen molar-refractivity contribution in [2.45, 2.75) is 64.3 Å². The molecule has 4 aliphatic rings. The summed E-state index contributed by atoms with van der Waals surface area (Å²) in [5, 5.41) is 12.5. The number of carbonyl (C=O) groups excluding carboxylic acids is 1. The highest BCUT2D eigenvalue weighted by molar-refractivity contribution is 6.16. The predicted molar refractivity (Wildman–Crippen MR) is 111 cm³/mol. The van der Waals surface area contributed by atoms with Gasteiger partial charge in [0.1, 0.15) is 11.4 Å². The molecular weight excluding hydrogens is 381 g/mol. The van der Waals surface area contributed by atoms with Crippen LogP contribution in [-0.2, 0) is 9.59 Å². The highest BCUT2D eigenvalue weighted by Gasteiger charge is 2.60. The van der Waals surface area contributed by atoms with Crippen LogP contribution in [0.15, 0.2) is 35.9 Å². The Kier molecular flexibility index (Phi) is 4.39. The number of nitrogens with one attached hydrogen (secondary N) is 1. The van der Waals surface area contributed by atoms with E-state index in [-0.39, 0.29) is 28.3 Å². The Balaban J connectivity index is 1.48. The van der Waals surface area contributed by atoms with Crippen molar-refractivity contribution in [3.05, 3.63) is 47.3 Å². The zero-order valence-corrected chi connectivity index (χ0v) is 17.7. The Hall–Kier alpha value is -2.17. The van der Waals surface area contributed by atoms with Crippen LogP contribution in [0.2, 0.25) is 0 Å². The van der Waals surface area contributed by atoms with Crippen molar-refractivity contribution in [1.29, 1.82) is 0 Å². The van der Waals surface area contributed by atoms with E-state index in [0.717, 1.165) is 32.1 Å². The lowest BCUT2D eigenvalue weighted by Crippen LogP contribution is -2.60. The molecule has 7 atom stereocenters. The molecule has 0 spiro atoms. The van der Waals surface area contributed by atoms with Crippen LogP contribution < -0.4 is 5.32 Å². The van der Waals surface area contributed by atoms with Crippen molar-refractivity contribution < 1.29 is 19.1 Å². The van der Waals surface area contributed by atoms with E-state index in [9.17, 15) is 19.1 Å². The van der Waals surface area contributed by atoms with E-state index in [4.69, 9.17) is 0 Å². The average Bonchev–Trinajstić information content (AvgIpc) is 3.06. The molecule has 2 N–H and O–H groups in total. The first-order chi connectivity index (χ1) is 14.2. The van der Waals surface area contributed by atoms with E-state index >= 15 is 0 Å². The Bertz CT molecular complexity index is 925. The molecule has 0 bridgehead atoms. The predicted octanol–water partition coefficient (Wildman–Crippen LogP) is 4.66. The summed E-state index contributed by atoms with van der Waals surface area (Å²) in [5.74, 6) is 0.199. The summed E-state index contributed by atoms with van der Waals surface area (Å²) >= 11 is 0. The summed E-state index contributed by atoms with van der Waals surface area (Å²) in [7, 11) is 0. The number of carboxylic acid groups (broad SMARTS) is 1. The van der Waals surface area contributed by atoms with Crippen LogP contribution in [0, 0.1) is 34.4 Å². The van der Waals surface area contributed by atoms with Crippen molar-refractivity contribution in [1.82, 2.24) is 5.32 Å². The van der Waals surface area contributed by atoms with E-state index in [1.807, 2.05) is 12.1 Å². The molecule has 0 aromatic heterocycles. The van der Waals surface area contributed by atoms with E-state index < -0.39 is 11.9 Å². The third kappa shape index (κ3) is 2.70. The third-order valence-electron chi connectivity index (χ3n) is 9.28. The second kappa shape index (κ2) is 6.66. The van der Waals surface area contributed by atoms with E-state index in [1.54, 1.807) is 18.2 Å². The van der Waals surface area contributed by atoms with Gasteiger partial charge in [-0.3, -0.25) is 4.79 Å². The standard InChI is InChI=1S/C25H30FNO3/c1-24-12-11-20-16(19(24)9-8-18(24)14-3-5-15(26)6-4-14)7-10-21-25(20,2)13-17(23(29)30)22(28)27-21/h3-6,13,16,18-21H,7-12H2,1-2H3,(H,27,28)(H,29,30)/t16-,18?,19-,20+,21?,24+,25+/m0/s1. The molecule has 0 radical (unpaired) electrons. The molecule has 4 nitrogen and oxygen atoms in total. The topological polar surface area (TPSA) is 66.4 Å². The lowest BCUT2D eigenvalue weighted by atomic mass is 9.47. The van der Waals surface area contributed by atoms with E-state index in [1.165, 1.54) is 12.0 Å². The molecule has 1 aliphatic heterocycles. The molecule has 3 saturated carbocycles. The van der Waals surface area contributed by atoms with Crippen LogP contribution in [0.4, 0.5) is 4.39 Å². The first-order valence-corrected chi connectivity index (χ1v) is 11.3. The lowest BCUT2D eigenvalue weighted by Gasteiger charge is -2.59. The zero-order valence-electron chi connectivity index (χ0n) is 17.7. The Morgan fingerprint density at radius 1 is 1.07 bits per heavy atom. The summed E-state index contributed by atoms with van der Waals surface area (Å²) in [5.41, 5.74) is 1.04. The summed E-state index contributed by atoms with van der Waals surface area (Å²) in [6.07, 6.45) is 8.20. The molecule has 3 aliphatic carbocycles. The van der Waals surface area contributed by atoms with Gasteiger partial charge in [-0.15, -0.1) is 0 Å². The first kappa shape index (κ1) is 19.8. The van der Waals surface area contributed by atoms with Gasteiger partial charge in [-0.2, -0.15) is 0 Å². The highest BCUT2D eigenvalue weighted by atomic mass is 19.1. The largest absolute Gasteiger partial charge is 0.478 e. The number of benzene rings is 1. The van der Waals surface area contributed by atoms with Crippen molar-refractivity contribution in [2.24, 2.45) is 28.6 Å². The molecule has 160 valence electrons. The van der Waals surface area contributed by atoms with Crippen LogP contribution in [0.1, 0.15) is 63.9 Å². The molecule has 1 amide bonds. The number of hydrogen-bond donors (Lipinski definition) is 2. The minimum absolute atomic E-state index is 0.0213. The van der Waals surface area contributed by atoms with Crippen LogP contribution in [0.3, 0.4) is 0 Å². The number of halogens is 1. The van der Waals surface area contributed by atoms with Crippen LogP contribution in [0.5, 0.6) is 0 Å². The fourth-order valence-corrected chi connectivity index (χ4v) is 7.84. The fraction of sp³-hybridized carbons (Fsp3) is 0.600. The number of rotatable bonds is 2. The van der Waals surface area contributed by atoms with Gasteiger partial charge in [0.2, 0.25) is 0 Å². The van der Waals surface area contributed by atoms with Crippen LogP contribution in [-0.4, -0.2) is 23.0 Å². The minimum atomic E-state index is -1.13. The second-order valence-corrected chi connectivity index (χ2v) is 10.4. The summed E-state index contributed by atoms with van der Waals surface area (Å²) in [4.78, 5) is 23.9. The molecule has 5 heteroatoms. The second-order valence-electron chi connectivity index (χ2n) is 10.4. The normalized spacial score (nSPS) is 42.4. The van der Waals surface area contributed by atoms with Crippen molar-refractivity contribution in [3.63, 3.8) is 0 Å². The van der Waals surface area contributed by atoms with E-state index in [0.29, 0.717) is 23.7 Å². The molecule has 3 fully saturated rings. The van der Waals surface area contributed by atoms with Gasteiger partial charge < -0.3 is 10.4 Å². The summed E-state index contributed by atoms with van der Waals surface area (Å²) < 4.78 is 13.5. The van der Waals surface area contributed by atoms with E-state index in [2.05, 4.69) is 19.2 Å². The molecule has 1 aromatic carbocycles. The Labute approximate surface area is 176 Å². The lowest BCUT2D eigenvalue weighted by molar-refractivity contribution is -0.137. The first-order valence-electron chi connectivity index (χ1n) is 11.3. The number of hydrogen-bond acceptors (Lipinski definition) is 2. The quantitative estimate of drug-likeness (QED) is 0.696. The van der Waals surface area contributed by atoms with Gasteiger partial charge in [-0.25, -0.2) is 9.18 Å². The van der Waals surface area contributed by atoms with Gasteiger partial charge in [0.25, 0.3) is 5.91 Å². The monoisotopic (exact) mass is 411 g/mol. The van der Waals surface area contributed by atoms with Crippen LogP contribution >= 0.6 is 0 Å². The number of carbonyl (C=O) groups is 2. The number of aliphatic carboxylic acids is 1. The molecule has 1 aromatic rings. The van der Waals surface area contributed by atoms with Crippen molar-refractivity contribution in [3.8, 4) is 0 Å². The van der Waals surface area contributed by atoms with Gasteiger partial charge in [-0.1, -0.05) is 32.1 Å². The number of carboxylic acids is 1. The molecule has 2 unspecified atom stereocenters. The molecule has 30 heavy (non-hydrogen) atoms. The van der Waals surface area contributed by atoms with Gasteiger partial charge in [0, 0.05) is 11.5 Å².